The van der Waals surface area contributed by atoms with E-state index in [0.717, 1.165) is 189 Å². The van der Waals surface area contributed by atoms with E-state index < -0.39 is 39.7 Å². The van der Waals surface area contributed by atoms with Crippen molar-refractivity contribution in [3.05, 3.63) is 320 Å². The molecule has 0 bridgehead atoms. The summed E-state index contributed by atoms with van der Waals surface area (Å²) in [6, 6.07) is 76.7. The van der Waals surface area contributed by atoms with Crippen molar-refractivity contribution in [3.8, 4) is 54.1 Å². The fourth-order valence-corrected chi connectivity index (χ4v) is 29.7. The summed E-state index contributed by atoms with van der Waals surface area (Å²) < 4.78 is 109. The van der Waals surface area contributed by atoms with Crippen LogP contribution >= 0.6 is 45.3 Å². The molecule has 0 atom stereocenters. The lowest BCUT2D eigenvalue weighted by atomic mass is 9.98. The predicted octanol–water partition coefficient (Wildman–Crippen LogP) is 24.3. The molecule has 12 aromatic rings. The molecule has 10 nitrogen and oxygen atoms in total. The molecule has 0 N–H and O–H groups in total. The summed E-state index contributed by atoms with van der Waals surface area (Å²) in [5, 5.41) is -0.407. The molecule has 4 aromatic heterocycles. The van der Waals surface area contributed by atoms with Gasteiger partial charge in [0.05, 0.1) is 10.5 Å². The summed E-state index contributed by atoms with van der Waals surface area (Å²) in [5.74, 6) is 2.68. The molecule has 0 spiro atoms. The summed E-state index contributed by atoms with van der Waals surface area (Å²) in [4.78, 5) is 4.04. The molecule has 608 valence electrons. The van der Waals surface area contributed by atoms with Crippen LogP contribution in [0.4, 0.5) is 0 Å². The summed E-state index contributed by atoms with van der Waals surface area (Å²) >= 11 is 5.57. The highest BCUT2D eigenvalue weighted by Gasteiger charge is 2.34. The fraction of sp³-hybridized carbons (Fsp3) is 0.300. The maximum absolute atomic E-state index is 13.0. The number of nitrogens with zero attached hydrogens (tertiary/aromatic N) is 2. The van der Waals surface area contributed by atoms with E-state index in [1.165, 1.54) is 123 Å². The predicted molar refractivity (Wildman–Crippen MR) is 492 cm³/mol. The number of piperidine rings is 2. The van der Waals surface area contributed by atoms with E-state index in [4.69, 9.17) is 6.42 Å². The first-order chi connectivity index (χ1) is 57.2. The first-order valence-electron chi connectivity index (χ1n) is 41.6. The molecule has 4 aliphatic carbocycles. The molecule has 8 aromatic carbocycles. The van der Waals surface area contributed by atoms with Crippen LogP contribution in [0, 0.1) is 26.2 Å². The Balaban J connectivity index is 0.000000123. The smallest absolute Gasteiger partial charge is 0.223 e. The zero-order valence-electron chi connectivity index (χ0n) is 67.2. The lowest BCUT2D eigenvalue weighted by Crippen LogP contribution is -2.35. The molecule has 0 unspecified atom stereocenters. The number of aryl methyl sites for hydroxylation is 2. The first-order valence-corrected chi connectivity index (χ1v) is 50.9. The fourth-order valence-electron chi connectivity index (χ4n) is 16.9. The minimum absolute atomic E-state index is 0.196. The molecule has 6 heterocycles. The number of hydrogen-bond donors (Lipinski definition) is 0. The van der Waals surface area contributed by atoms with Gasteiger partial charge >= 0.3 is 0 Å². The van der Waals surface area contributed by atoms with Crippen LogP contribution in [0.5, 0.6) is 0 Å². The Labute approximate surface area is 716 Å². The van der Waals surface area contributed by atoms with Crippen molar-refractivity contribution in [2.24, 2.45) is 0 Å². The number of sulfonamides is 2. The van der Waals surface area contributed by atoms with Gasteiger partial charge in [-0.3, -0.25) is 0 Å². The summed E-state index contributed by atoms with van der Waals surface area (Å²) in [5.41, 5.74) is 23.3. The molecule has 0 radical (unpaired) electrons. The number of fused-ring (bicyclic) bond motifs is 2. The van der Waals surface area contributed by atoms with Crippen LogP contribution in [0.25, 0.3) is 53.9 Å². The third kappa shape index (κ3) is 20.7. The topological polar surface area (TPSA) is 143 Å². The first kappa shape index (κ1) is 84.3. The minimum atomic E-state index is -3.37. The molecule has 2 saturated heterocycles. The number of terminal acetylenes is 1. The molecule has 2 aliphatic heterocycles. The Hall–Kier alpha value is -8.68. The van der Waals surface area contributed by atoms with Gasteiger partial charge in [0.1, 0.15) is 16.8 Å². The average Bonchev–Trinajstić information content (AvgIpc) is 1.63. The zero-order valence-corrected chi connectivity index (χ0v) is 73.7. The van der Waals surface area contributed by atoms with E-state index in [9.17, 15) is 33.7 Å². The summed E-state index contributed by atoms with van der Waals surface area (Å²) in [6.45, 7) is 6.83. The van der Waals surface area contributed by atoms with Crippen molar-refractivity contribution >= 4 is 97.2 Å². The Morgan fingerprint density at radius 3 is 1.19 bits per heavy atom. The third-order valence-electron chi connectivity index (χ3n) is 23.4. The quantitative estimate of drug-likeness (QED) is 0.0686. The van der Waals surface area contributed by atoms with Gasteiger partial charge in [-0.05, 0) is 259 Å². The van der Waals surface area contributed by atoms with Crippen molar-refractivity contribution in [2.75, 3.05) is 26.2 Å². The molecule has 6 aliphatic rings. The molecule has 2 saturated carbocycles. The van der Waals surface area contributed by atoms with Gasteiger partial charge in [0.2, 0.25) is 0 Å². The second-order valence-electron chi connectivity index (χ2n) is 32.1. The van der Waals surface area contributed by atoms with Crippen molar-refractivity contribution in [1.29, 1.82) is 0 Å². The second kappa shape index (κ2) is 38.4. The van der Waals surface area contributed by atoms with Crippen molar-refractivity contribution in [1.82, 2.24) is 8.61 Å². The number of sulfone groups is 2. The minimum Gasteiger partial charge on any atom is -0.223 e. The normalized spacial score (nSPS) is 16.0. The number of thiophene rings is 4. The highest BCUT2D eigenvalue weighted by Crippen LogP contribution is 2.41. The van der Waals surface area contributed by atoms with Gasteiger partial charge in [0.25, 0.3) is 20.0 Å². The van der Waals surface area contributed by atoms with Crippen molar-refractivity contribution < 1.29 is 33.7 Å². The number of rotatable bonds is 20. The maximum Gasteiger partial charge on any atom is 0.252 e. The van der Waals surface area contributed by atoms with E-state index in [1.54, 1.807) is 26.8 Å². The van der Waals surface area contributed by atoms with Crippen molar-refractivity contribution in [2.45, 2.75) is 182 Å². The Morgan fingerprint density at radius 2 is 0.729 bits per heavy atom. The van der Waals surface area contributed by atoms with Crippen LogP contribution in [0.15, 0.2) is 253 Å². The van der Waals surface area contributed by atoms with E-state index in [2.05, 4.69) is 190 Å². The van der Waals surface area contributed by atoms with Gasteiger partial charge in [-0.15, -0.1) is 51.8 Å². The highest BCUT2D eigenvalue weighted by molar-refractivity contribution is 7.94. The average molecular weight is 1720 g/mol. The largest absolute Gasteiger partial charge is 0.252 e. The van der Waals surface area contributed by atoms with Crippen LogP contribution in [0.2, 0.25) is 0 Å². The van der Waals surface area contributed by atoms with E-state index in [1.807, 2.05) is 60.7 Å². The van der Waals surface area contributed by atoms with Crippen LogP contribution in [-0.2, 0) is 78.2 Å². The molecule has 4 fully saturated rings. The van der Waals surface area contributed by atoms with E-state index in [-0.39, 0.29) is 10.5 Å². The molecule has 0 amide bonds. The lowest BCUT2D eigenvalue weighted by Gasteiger charge is -2.25. The van der Waals surface area contributed by atoms with E-state index >= 15 is 0 Å². The molecular formula is C100H102N2O8S8. The molecular weight excluding hydrogens is 1610 g/mol. The number of allylic oxidation sites excluding steroid dienone is 2. The standard InChI is InChI=1S/C26H26O2S2.C25H25NO2S2.C25H24O2S2.C24H27NO2S2/c27-30(28,24-10-2-1-3-11-24)26-15-14-25(29-26)23-9-4-6-19(18-23)16-20-12-13-21-7-5-8-22(21)17-20;27-30(28,26-14-2-1-3-15-26)25-13-12-24(29-25)23-9-4-6-19(18-23)16-20-10-11-21-7-5-8-22(21)17-20;1-2-19-8-6-9-20(16-19)17-21-10-7-11-22(18-21)24-14-15-25(28-24)29(26,27)23-12-4-3-5-13-23;1-18-9-10-21(19(2)15-18)16-20-7-6-8-22(17-20)23-11-12-24(28-23)29(26,27)25-13-4-3-5-14-25/h4-6,8-9,12-15,17-18,24H,1-3,7,10-11,16H2;4-7,9-13,17-18H,1-3,8,14-16H2;1,6-11,14-16,18,23H,3-5,12-13,17H2;6-12,15,17H,3-5,13-14,16H2,1-2H3. The summed E-state index contributed by atoms with van der Waals surface area (Å²) in [6.07, 6.45) is 35.5. The summed E-state index contributed by atoms with van der Waals surface area (Å²) in [7, 11) is -13.2. The van der Waals surface area contributed by atoms with Crippen molar-refractivity contribution in [3.63, 3.8) is 0 Å². The van der Waals surface area contributed by atoms with Crippen LogP contribution in [0.3, 0.4) is 0 Å². The van der Waals surface area contributed by atoms with Gasteiger partial charge in [0, 0.05) is 51.3 Å². The van der Waals surface area contributed by atoms with Gasteiger partial charge in [-0.1, -0.05) is 251 Å². The van der Waals surface area contributed by atoms with Crippen LogP contribution in [0.1, 0.15) is 186 Å². The highest BCUT2D eigenvalue weighted by atomic mass is 32.3. The number of benzene rings is 8. The zero-order chi connectivity index (χ0) is 81.8. The maximum atomic E-state index is 13.0. The molecule has 18 heteroatoms. The van der Waals surface area contributed by atoms with Gasteiger partial charge < -0.3 is 0 Å². The molecule has 118 heavy (non-hydrogen) atoms. The lowest BCUT2D eigenvalue weighted by molar-refractivity contribution is 0.347. The third-order valence-corrected chi connectivity index (χ3v) is 38.3. The van der Waals surface area contributed by atoms with Crippen LogP contribution in [-0.4, -0.2) is 79.0 Å². The van der Waals surface area contributed by atoms with Gasteiger partial charge in [0.15, 0.2) is 19.7 Å². The van der Waals surface area contributed by atoms with Gasteiger partial charge in [-0.2, -0.15) is 8.61 Å². The van der Waals surface area contributed by atoms with Gasteiger partial charge in [-0.25, -0.2) is 33.7 Å². The Bertz CT molecular complexity index is 6150. The SMILES string of the molecule is C#Cc1cccc(Cc2cccc(-c3ccc(S(=O)(=O)C4CCCCC4)s3)c2)c1.Cc1ccc(Cc2cccc(-c3ccc(S(=O)(=O)N4CCCCC4)s3)c2)c(C)c1.O=S(=O)(c1ccc(-c2cccc(Cc3ccc4c(c3)C=CC4)c2)s1)C1CCCCC1.O=S(=O)(c1ccc(-c2cccc(Cc3ccc4c(c3)CC=C4)c2)s1)N1CCCCC1. The Morgan fingerprint density at radius 1 is 0.347 bits per heavy atom. The number of hydrogen-bond acceptors (Lipinski definition) is 12. The monoisotopic (exact) mass is 1710 g/mol. The van der Waals surface area contributed by atoms with Crippen LogP contribution < -0.4 is 0 Å². The second-order valence-corrected chi connectivity index (χ2v) is 45.7. The van der Waals surface area contributed by atoms with E-state index in [0.29, 0.717) is 43.0 Å². The molecule has 18 rings (SSSR count). The Kier molecular flexibility index (Phi) is 27.4.